The van der Waals surface area contributed by atoms with Crippen LogP contribution in [0, 0.1) is 0 Å². The first kappa shape index (κ1) is 9.15. The predicted molar refractivity (Wildman–Crippen MR) is 52.1 cm³/mol. The molecule has 12 heavy (non-hydrogen) atoms. The summed E-state index contributed by atoms with van der Waals surface area (Å²) in [5.74, 6) is -1.42. The van der Waals surface area contributed by atoms with Crippen LogP contribution in [0.2, 0.25) is 0 Å². The molecule has 3 N–H and O–H groups in total. The van der Waals surface area contributed by atoms with Crippen LogP contribution in [0.4, 0.5) is 0 Å². The molecular formula is C7H6O3S2. The minimum atomic E-state index is -0.580. The van der Waals surface area contributed by atoms with Crippen molar-refractivity contribution in [3.05, 3.63) is 17.7 Å². The van der Waals surface area contributed by atoms with Crippen LogP contribution >= 0.6 is 24.8 Å². The minimum absolute atomic E-state index is 0.155. The summed E-state index contributed by atoms with van der Waals surface area (Å²) in [6, 6.07) is 2.60. The van der Waals surface area contributed by atoms with Gasteiger partial charge in [-0.1, -0.05) is 12.2 Å². The number of rotatable bonds is 1. The second-order valence-electron chi connectivity index (χ2n) is 2.13. The summed E-state index contributed by atoms with van der Waals surface area (Å²) in [6.07, 6.45) is 0. The van der Waals surface area contributed by atoms with E-state index in [1.807, 2.05) is 0 Å². The van der Waals surface area contributed by atoms with E-state index in [9.17, 15) is 5.11 Å². The van der Waals surface area contributed by atoms with Gasteiger partial charge in [-0.3, -0.25) is 0 Å². The van der Waals surface area contributed by atoms with E-state index in [1.54, 1.807) is 0 Å². The van der Waals surface area contributed by atoms with Crippen molar-refractivity contribution < 1.29 is 15.3 Å². The zero-order valence-corrected chi connectivity index (χ0v) is 7.56. The molecule has 0 aliphatic heterocycles. The highest BCUT2D eigenvalue weighted by atomic mass is 32.1. The van der Waals surface area contributed by atoms with Gasteiger partial charge in [-0.25, -0.2) is 0 Å². The van der Waals surface area contributed by atoms with Crippen LogP contribution < -0.4 is 0 Å². The molecule has 1 aromatic rings. The number of phenolic OH excluding ortho intramolecular Hbond substituents is 3. The summed E-state index contributed by atoms with van der Waals surface area (Å²) < 4.78 is 0.155. The minimum Gasteiger partial charge on any atom is -0.504 e. The molecular weight excluding hydrogens is 196 g/mol. The normalized spacial score (nSPS) is 9.75. The molecule has 0 aliphatic carbocycles. The van der Waals surface area contributed by atoms with E-state index in [0.717, 1.165) is 0 Å². The molecule has 1 aromatic carbocycles. The van der Waals surface area contributed by atoms with E-state index >= 15 is 0 Å². The topological polar surface area (TPSA) is 60.7 Å². The maximum Gasteiger partial charge on any atom is 0.200 e. The van der Waals surface area contributed by atoms with Gasteiger partial charge in [-0.15, -0.1) is 12.6 Å². The maximum absolute atomic E-state index is 9.20. The lowest BCUT2D eigenvalue weighted by atomic mass is 10.2. The van der Waals surface area contributed by atoms with Crippen molar-refractivity contribution in [3.63, 3.8) is 0 Å². The Bertz CT molecular complexity index is 336. The number of aromatic hydroxyl groups is 3. The van der Waals surface area contributed by atoms with Gasteiger partial charge in [0.15, 0.2) is 11.5 Å². The first-order valence-corrected chi connectivity index (χ1v) is 3.86. The number of phenols is 3. The Labute approximate surface area is 79.7 Å². The molecule has 0 heterocycles. The Morgan fingerprint density at radius 1 is 1.17 bits per heavy atom. The summed E-state index contributed by atoms with van der Waals surface area (Å²) in [5.41, 5.74) is 0.226. The van der Waals surface area contributed by atoms with Gasteiger partial charge in [-0.2, -0.15) is 0 Å². The first-order chi connectivity index (χ1) is 5.54. The molecule has 0 amide bonds. The fraction of sp³-hybridized carbons (Fsp3) is 0. The average Bonchev–Trinajstić information content (AvgIpc) is 2.00. The second-order valence-corrected chi connectivity index (χ2v) is 3.29. The average molecular weight is 202 g/mol. The fourth-order valence-corrected chi connectivity index (χ4v) is 1.09. The van der Waals surface area contributed by atoms with E-state index in [0.29, 0.717) is 0 Å². The monoisotopic (exact) mass is 202 g/mol. The third-order valence-corrected chi connectivity index (χ3v) is 1.82. The molecule has 0 saturated carbocycles. The molecule has 0 unspecified atom stereocenters. The van der Waals surface area contributed by atoms with Crippen LogP contribution in [0.25, 0.3) is 0 Å². The first-order valence-electron chi connectivity index (χ1n) is 3.01. The van der Waals surface area contributed by atoms with Crippen molar-refractivity contribution in [2.75, 3.05) is 0 Å². The molecule has 0 saturated heterocycles. The van der Waals surface area contributed by atoms with Crippen molar-refractivity contribution >= 4 is 29.0 Å². The number of hydrogen-bond acceptors (Lipinski definition) is 4. The van der Waals surface area contributed by atoms with E-state index < -0.39 is 11.5 Å². The zero-order chi connectivity index (χ0) is 9.30. The molecule has 64 valence electrons. The van der Waals surface area contributed by atoms with Crippen molar-refractivity contribution in [1.29, 1.82) is 0 Å². The quantitative estimate of drug-likeness (QED) is 0.316. The van der Waals surface area contributed by atoms with Gasteiger partial charge in [0, 0.05) is 5.56 Å². The van der Waals surface area contributed by atoms with Crippen LogP contribution in [-0.4, -0.2) is 19.5 Å². The van der Waals surface area contributed by atoms with Gasteiger partial charge < -0.3 is 15.3 Å². The number of benzene rings is 1. The highest BCUT2D eigenvalue weighted by molar-refractivity contribution is 8.11. The molecule has 0 aliphatic rings. The lowest BCUT2D eigenvalue weighted by molar-refractivity contribution is 0.367. The molecule has 0 radical (unpaired) electrons. The third kappa shape index (κ3) is 1.46. The molecule has 0 fully saturated rings. The summed E-state index contributed by atoms with van der Waals surface area (Å²) in [5, 5.41) is 27.2. The lowest BCUT2D eigenvalue weighted by Gasteiger charge is -2.04. The lowest BCUT2D eigenvalue weighted by Crippen LogP contribution is -1.87. The Hall–Kier alpha value is -0.940. The largest absolute Gasteiger partial charge is 0.504 e. The number of hydrogen-bond donors (Lipinski definition) is 4. The van der Waals surface area contributed by atoms with Crippen LogP contribution in [0.15, 0.2) is 12.1 Å². The molecule has 5 heteroatoms. The van der Waals surface area contributed by atoms with Crippen molar-refractivity contribution in [2.24, 2.45) is 0 Å². The highest BCUT2D eigenvalue weighted by Gasteiger charge is 2.11. The Morgan fingerprint density at radius 3 is 2.25 bits per heavy atom. The molecule has 1 rings (SSSR count). The van der Waals surface area contributed by atoms with E-state index in [1.165, 1.54) is 12.1 Å². The Morgan fingerprint density at radius 2 is 1.75 bits per heavy atom. The summed E-state index contributed by atoms with van der Waals surface area (Å²) in [4.78, 5) is 0. The SMILES string of the molecule is Oc1ccc(C(=S)S)c(O)c1O. The third-order valence-electron chi connectivity index (χ3n) is 1.36. The van der Waals surface area contributed by atoms with Gasteiger partial charge in [0.2, 0.25) is 5.75 Å². The number of thiocarbonyl (C=S) groups is 1. The summed E-state index contributed by atoms with van der Waals surface area (Å²) >= 11 is 8.48. The molecule has 0 atom stereocenters. The van der Waals surface area contributed by atoms with Gasteiger partial charge >= 0.3 is 0 Å². The Balaban J connectivity index is 3.36. The zero-order valence-electron chi connectivity index (χ0n) is 5.85. The van der Waals surface area contributed by atoms with E-state index in [2.05, 4.69) is 24.8 Å². The molecule has 0 bridgehead atoms. The van der Waals surface area contributed by atoms with Crippen molar-refractivity contribution in [1.82, 2.24) is 0 Å². The van der Waals surface area contributed by atoms with Gasteiger partial charge in [0.05, 0.1) is 4.20 Å². The Kier molecular flexibility index (Phi) is 2.44. The fourth-order valence-electron chi connectivity index (χ4n) is 0.742. The highest BCUT2D eigenvalue weighted by Crippen LogP contribution is 2.37. The second kappa shape index (κ2) is 3.20. The molecule has 0 spiro atoms. The number of thiol groups is 1. The van der Waals surface area contributed by atoms with Crippen LogP contribution in [0.1, 0.15) is 5.56 Å². The smallest absolute Gasteiger partial charge is 0.200 e. The van der Waals surface area contributed by atoms with Crippen LogP contribution in [-0.2, 0) is 0 Å². The predicted octanol–water partition coefficient (Wildman–Crippen LogP) is 1.41. The van der Waals surface area contributed by atoms with Crippen LogP contribution in [0.3, 0.4) is 0 Å². The maximum atomic E-state index is 9.20. The van der Waals surface area contributed by atoms with Gasteiger partial charge in [-0.05, 0) is 12.1 Å². The molecule has 0 aromatic heterocycles. The van der Waals surface area contributed by atoms with Gasteiger partial charge in [0.25, 0.3) is 0 Å². The van der Waals surface area contributed by atoms with Crippen LogP contribution in [0.5, 0.6) is 17.2 Å². The summed E-state index contributed by atoms with van der Waals surface area (Å²) in [7, 11) is 0. The van der Waals surface area contributed by atoms with E-state index in [-0.39, 0.29) is 15.5 Å². The summed E-state index contributed by atoms with van der Waals surface area (Å²) in [6.45, 7) is 0. The van der Waals surface area contributed by atoms with E-state index in [4.69, 9.17) is 10.2 Å². The standard InChI is InChI=1S/C7H6O3S2/c8-4-2-1-3(7(11)12)5(9)6(4)10/h1-2,8-10H,(H,11,12). The van der Waals surface area contributed by atoms with Crippen molar-refractivity contribution in [3.8, 4) is 17.2 Å². The van der Waals surface area contributed by atoms with Gasteiger partial charge in [0.1, 0.15) is 0 Å². The van der Waals surface area contributed by atoms with Crippen molar-refractivity contribution in [2.45, 2.75) is 0 Å². The molecule has 3 nitrogen and oxygen atoms in total.